The van der Waals surface area contributed by atoms with Crippen molar-refractivity contribution in [1.82, 2.24) is 0 Å². The summed E-state index contributed by atoms with van der Waals surface area (Å²) in [5.41, 5.74) is 5.87. The summed E-state index contributed by atoms with van der Waals surface area (Å²) in [5, 5.41) is 0. The monoisotopic (exact) mass is 198 g/mol. The van der Waals surface area contributed by atoms with Gasteiger partial charge < -0.3 is 0 Å². The highest BCUT2D eigenvalue weighted by atomic mass is 14.3. The smallest absolute Gasteiger partial charge is 0.0148 e. The fourth-order valence-corrected chi connectivity index (χ4v) is 2.77. The summed E-state index contributed by atoms with van der Waals surface area (Å²) in [4.78, 5) is 0. The number of hydrogen-bond donors (Lipinski definition) is 0. The van der Waals surface area contributed by atoms with Gasteiger partial charge in [0, 0.05) is 5.41 Å². The lowest BCUT2D eigenvalue weighted by Crippen LogP contribution is -2.26. The second-order valence-electron chi connectivity index (χ2n) is 4.86. The van der Waals surface area contributed by atoms with Crippen LogP contribution in [0.25, 0.3) is 0 Å². The van der Waals surface area contributed by atoms with Crippen LogP contribution >= 0.6 is 0 Å². The zero-order valence-corrected chi connectivity index (χ0v) is 9.80. The predicted molar refractivity (Wildman–Crippen MR) is 66.1 cm³/mol. The van der Waals surface area contributed by atoms with Crippen LogP contribution < -0.4 is 0 Å². The first kappa shape index (κ1) is 10.2. The number of benzene rings is 1. The van der Waals surface area contributed by atoms with Gasteiger partial charge in [0.2, 0.25) is 0 Å². The quantitative estimate of drug-likeness (QED) is 0.639. The summed E-state index contributed by atoms with van der Waals surface area (Å²) in [7, 11) is 0. The number of allylic oxidation sites excluding steroid dienone is 3. The summed E-state index contributed by atoms with van der Waals surface area (Å²) < 4.78 is 0. The molecule has 78 valence electrons. The summed E-state index contributed by atoms with van der Waals surface area (Å²) in [5.74, 6) is 0. The van der Waals surface area contributed by atoms with Crippen LogP contribution in [0.5, 0.6) is 0 Å². The van der Waals surface area contributed by atoms with E-state index >= 15 is 0 Å². The van der Waals surface area contributed by atoms with Crippen molar-refractivity contribution in [3.63, 3.8) is 0 Å². The maximum atomic E-state index is 3.95. The summed E-state index contributed by atoms with van der Waals surface area (Å²) in [6.07, 6.45) is 3.09. The van der Waals surface area contributed by atoms with E-state index in [1.165, 1.54) is 22.3 Å². The Kier molecular flexibility index (Phi) is 2.30. The van der Waals surface area contributed by atoms with E-state index in [9.17, 15) is 0 Å². The number of hydrogen-bond acceptors (Lipinski definition) is 0. The Bertz CT molecular complexity index is 433. The lowest BCUT2D eigenvalue weighted by Gasteiger charge is -2.35. The molecule has 0 fully saturated rings. The summed E-state index contributed by atoms with van der Waals surface area (Å²) in [6, 6.07) is 8.73. The maximum absolute atomic E-state index is 3.95. The van der Waals surface area contributed by atoms with Gasteiger partial charge in [-0.3, -0.25) is 0 Å². The van der Waals surface area contributed by atoms with Crippen molar-refractivity contribution in [2.75, 3.05) is 0 Å². The molecule has 1 aliphatic rings. The van der Waals surface area contributed by atoms with Crippen LogP contribution in [0.2, 0.25) is 0 Å². The SMILES string of the molecule is C=CC1=C(C)Cc2ccccc2C1(C)C. The van der Waals surface area contributed by atoms with Gasteiger partial charge in [-0.15, -0.1) is 0 Å². The largest absolute Gasteiger partial charge is 0.0988 e. The fraction of sp³-hybridized carbons (Fsp3) is 0.333. The minimum atomic E-state index is 0.112. The normalized spacial score (nSPS) is 18.6. The molecule has 15 heavy (non-hydrogen) atoms. The van der Waals surface area contributed by atoms with Gasteiger partial charge in [-0.1, -0.05) is 56.3 Å². The zero-order chi connectivity index (χ0) is 11.1. The van der Waals surface area contributed by atoms with Crippen LogP contribution in [0.4, 0.5) is 0 Å². The first-order valence-electron chi connectivity index (χ1n) is 5.48. The molecule has 0 amide bonds. The van der Waals surface area contributed by atoms with Crippen LogP contribution in [0.3, 0.4) is 0 Å². The van der Waals surface area contributed by atoms with Gasteiger partial charge in [0.25, 0.3) is 0 Å². The van der Waals surface area contributed by atoms with Gasteiger partial charge in [-0.2, -0.15) is 0 Å². The minimum absolute atomic E-state index is 0.112. The van der Waals surface area contributed by atoms with Crippen molar-refractivity contribution >= 4 is 0 Å². The summed E-state index contributed by atoms with van der Waals surface area (Å²) >= 11 is 0. The molecule has 1 aliphatic carbocycles. The standard InChI is InChI=1S/C15H18/c1-5-13-11(2)10-12-8-6-7-9-14(12)15(13,3)4/h5-9H,1,10H2,2-4H3. The van der Waals surface area contributed by atoms with E-state index in [0.29, 0.717) is 0 Å². The Labute approximate surface area is 92.3 Å². The highest BCUT2D eigenvalue weighted by molar-refractivity contribution is 5.51. The molecule has 0 heteroatoms. The first-order chi connectivity index (χ1) is 7.07. The second-order valence-corrected chi connectivity index (χ2v) is 4.86. The van der Waals surface area contributed by atoms with Crippen molar-refractivity contribution in [3.05, 3.63) is 59.2 Å². The van der Waals surface area contributed by atoms with Crippen molar-refractivity contribution in [3.8, 4) is 0 Å². The van der Waals surface area contributed by atoms with Crippen LogP contribution in [0.15, 0.2) is 48.1 Å². The molecule has 0 aliphatic heterocycles. The second kappa shape index (κ2) is 3.37. The molecule has 0 saturated heterocycles. The minimum Gasteiger partial charge on any atom is -0.0988 e. The number of rotatable bonds is 1. The molecule has 0 nitrogen and oxygen atoms in total. The maximum Gasteiger partial charge on any atom is 0.0148 e. The van der Waals surface area contributed by atoms with Crippen molar-refractivity contribution in [1.29, 1.82) is 0 Å². The van der Waals surface area contributed by atoms with Gasteiger partial charge >= 0.3 is 0 Å². The van der Waals surface area contributed by atoms with Gasteiger partial charge in [-0.05, 0) is 30.0 Å². The molecule has 0 saturated carbocycles. The molecule has 0 heterocycles. The third-order valence-corrected chi connectivity index (χ3v) is 3.48. The Morgan fingerprint density at radius 2 is 1.93 bits per heavy atom. The van der Waals surface area contributed by atoms with Crippen LogP contribution in [-0.4, -0.2) is 0 Å². The molecule has 0 atom stereocenters. The van der Waals surface area contributed by atoms with E-state index in [1.54, 1.807) is 0 Å². The molecule has 0 radical (unpaired) electrons. The molecule has 0 N–H and O–H groups in total. The van der Waals surface area contributed by atoms with E-state index < -0.39 is 0 Å². The Morgan fingerprint density at radius 3 is 2.60 bits per heavy atom. The van der Waals surface area contributed by atoms with Crippen LogP contribution in [0.1, 0.15) is 31.9 Å². The molecular weight excluding hydrogens is 180 g/mol. The van der Waals surface area contributed by atoms with E-state index in [1.807, 2.05) is 6.08 Å². The highest BCUT2D eigenvalue weighted by Crippen LogP contribution is 2.40. The van der Waals surface area contributed by atoms with Crippen LogP contribution in [-0.2, 0) is 11.8 Å². The topological polar surface area (TPSA) is 0 Å². The van der Waals surface area contributed by atoms with Gasteiger partial charge in [0.05, 0.1) is 0 Å². The summed E-state index contributed by atoms with van der Waals surface area (Å²) in [6.45, 7) is 10.7. The lowest BCUT2D eigenvalue weighted by molar-refractivity contribution is 0.607. The van der Waals surface area contributed by atoms with Crippen molar-refractivity contribution < 1.29 is 0 Å². The van der Waals surface area contributed by atoms with Gasteiger partial charge in [0.15, 0.2) is 0 Å². The Hall–Kier alpha value is -1.30. The molecule has 0 bridgehead atoms. The van der Waals surface area contributed by atoms with Crippen LogP contribution in [0, 0.1) is 0 Å². The highest BCUT2D eigenvalue weighted by Gasteiger charge is 2.30. The van der Waals surface area contributed by atoms with E-state index in [0.717, 1.165) is 6.42 Å². The molecule has 0 unspecified atom stereocenters. The van der Waals surface area contributed by atoms with E-state index in [4.69, 9.17) is 0 Å². The Morgan fingerprint density at radius 1 is 1.27 bits per heavy atom. The predicted octanol–water partition coefficient (Wildman–Crippen LogP) is 4.02. The molecule has 2 rings (SSSR count). The van der Waals surface area contributed by atoms with Gasteiger partial charge in [0.1, 0.15) is 0 Å². The average Bonchev–Trinajstić information content (AvgIpc) is 2.17. The fourth-order valence-electron chi connectivity index (χ4n) is 2.77. The molecule has 0 spiro atoms. The number of fused-ring (bicyclic) bond motifs is 1. The molecular formula is C15H18. The zero-order valence-electron chi connectivity index (χ0n) is 9.80. The molecule has 1 aromatic carbocycles. The van der Waals surface area contributed by atoms with Crippen molar-refractivity contribution in [2.24, 2.45) is 0 Å². The third-order valence-electron chi connectivity index (χ3n) is 3.48. The third kappa shape index (κ3) is 1.45. The Balaban J connectivity index is 2.65. The van der Waals surface area contributed by atoms with Gasteiger partial charge in [-0.25, -0.2) is 0 Å². The lowest BCUT2D eigenvalue weighted by atomic mass is 9.69. The van der Waals surface area contributed by atoms with Crippen molar-refractivity contribution in [2.45, 2.75) is 32.6 Å². The average molecular weight is 198 g/mol. The first-order valence-corrected chi connectivity index (χ1v) is 5.48. The van der Waals surface area contributed by atoms with E-state index in [2.05, 4.69) is 51.6 Å². The van der Waals surface area contributed by atoms with E-state index in [-0.39, 0.29) is 5.41 Å². The molecule has 0 aromatic heterocycles. The molecule has 1 aromatic rings.